The summed E-state index contributed by atoms with van der Waals surface area (Å²) in [5.41, 5.74) is 2.07. The van der Waals surface area contributed by atoms with Gasteiger partial charge in [-0.1, -0.05) is 11.6 Å². The van der Waals surface area contributed by atoms with Crippen LogP contribution in [0, 0.1) is 0 Å². The number of hydrogen-bond donors (Lipinski definition) is 1. The molecule has 1 aromatic heterocycles. The number of benzene rings is 1. The fourth-order valence-electron chi connectivity index (χ4n) is 1.73. The number of nitrogens with zero attached hydrogens (tertiary/aromatic N) is 1. The molecule has 1 aromatic carbocycles. The zero-order valence-corrected chi connectivity index (χ0v) is 14.7. The van der Waals surface area contributed by atoms with Crippen LogP contribution >= 0.6 is 43.5 Å². The minimum Gasteiger partial charge on any atom is -0.486 e. The Balaban J connectivity index is 2.16. The van der Waals surface area contributed by atoms with Crippen LogP contribution in [0.5, 0.6) is 5.75 Å². The van der Waals surface area contributed by atoms with Crippen LogP contribution < -0.4 is 10.1 Å². The van der Waals surface area contributed by atoms with Gasteiger partial charge in [-0.2, -0.15) is 0 Å². The molecule has 1 N–H and O–H groups in total. The highest BCUT2D eigenvalue weighted by atomic mass is 79.9. The van der Waals surface area contributed by atoms with Gasteiger partial charge in [-0.25, -0.2) is 0 Å². The maximum atomic E-state index is 6.06. The molecule has 2 rings (SSSR count). The van der Waals surface area contributed by atoms with Gasteiger partial charge in [0.05, 0.1) is 14.0 Å². The highest BCUT2D eigenvalue weighted by molar-refractivity contribution is 9.11. The van der Waals surface area contributed by atoms with E-state index in [0.29, 0.717) is 11.6 Å². The summed E-state index contributed by atoms with van der Waals surface area (Å²) >= 11 is 13.1. The van der Waals surface area contributed by atoms with Crippen molar-refractivity contribution in [2.24, 2.45) is 0 Å². The van der Waals surface area contributed by atoms with Crippen molar-refractivity contribution >= 4 is 43.5 Å². The minimum absolute atomic E-state index is 0.393. The summed E-state index contributed by atoms with van der Waals surface area (Å²) in [6.07, 6.45) is 3.31. The molecular formula is C14H13Br2ClN2O. The lowest BCUT2D eigenvalue weighted by molar-refractivity contribution is 0.302. The fourth-order valence-corrected chi connectivity index (χ4v) is 3.41. The van der Waals surface area contributed by atoms with Gasteiger partial charge in [0.1, 0.15) is 12.4 Å². The summed E-state index contributed by atoms with van der Waals surface area (Å²) < 4.78 is 7.65. The van der Waals surface area contributed by atoms with Crippen LogP contribution in [-0.2, 0) is 13.2 Å². The summed E-state index contributed by atoms with van der Waals surface area (Å²) in [4.78, 5) is 3.95. The number of aromatic nitrogens is 1. The molecular weight excluding hydrogens is 407 g/mol. The van der Waals surface area contributed by atoms with Gasteiger partial charge in [0.15, 0.2) is 0 Å². The highest BCUT2D eigenvalue weighted by Crippen LogP contribution is 2.35. The van der Waals surface area contributed by atoms with Gasteiger partial charge < -0.3 is 10.1 Å². The van der Waals surface area contributed by atoms with Crippen LogP contribution in [0.25, 0.3) is 0 Å². The van der Waals surface area contributed by atoms with Crippen molar-refractivity contribution in [3.63, 3.8) is 0 Å². The monoisotopic (exact) mass is 418 g/mol. The third-order valence-electron chi connectivity index (χ3n) is 2.67. The molecule has 0 unspecified atom stereocenters. The molecule has 3 nitrogen and oxygen atoms in total. The molecule has 0 aliphatic heterocycles. The SMILES string of the molecule is CNCc1cc(Br)c(OCc2ccncc2Cl)c(Br)c1. The van der Waals surface area contributed by atoms with Gasteiger partial charge in [0.2, 0.25) is 0 Å². The minimum atomic E-state index is 0.393. The number of halogens is 3. The number of hydrogen-bond acceptors (Lipinski definition) is 3. The van der Waals surface area contributed by atoms with Crippen molar-refractivity contribution in [3.8, 4) is 5.75 Å². The van der Waals surface area contributed by atoms with E-state index in [9.17, 15) is 0 Å². The van der Waals surface area contributed by atoms with Crippen LogP contribution in [0.3, 0.4) is 0 Å². The predicted molar refractivity (Wildman–Crippen MR) is 88.2 cm³/mol. The van der Waals surface area contributed by atoms with Crippen molar-refractivity contribution in [2.75, 3.05) is 7.05 Å². The first kappa shape index (κ1) is 15.8. The molecule has 6 heteroatoms. The van der Waals surface area contributed by atoms with Crippen molar-refractivity contribution in [1.82, 2.24) is 10.3 Å². The number of nitrogens with one attached hydrogen (secondary N) is 1. The number of ether oxygens (including phenoxy) is 1. The summed E-state index contributed by atoms with van der Waals surface area (Å²) in [5.74, 6) is 0.762. The first-order chi connectivity index (χ1) is 9.61. The summed E-state index contributed by atoms with van der Waals surface area (Å²) in [5, 5.41) is 3.72. The highest BCUT2D eigenvalue weighted by Gasteiger charge is 2.10. The Morgan fingerprint density at radius 1 is 1.30 bits per heavy atom. The Hall–Kier alpha value is -0.620. The van der Waals surface area contributed by atoms with Crippen LogP contribution in [0.1, 0.15) is 11.1 Å². The standard InChI is InChI=1S/C14H13Br2ClN2O/c1-18-6-9-4-11(15)14(12(16)5-9)20-8-10-2-3-19-7-13(10)17/h2-5,7,18H,6,8H2,1H3. The molecule has 0 aliphatic carbocycles. The topological polar surface area (TPSA) is 34.1 Å². The lowest BCUT2D eigenvalue weighted by Crippen LogP contribution is -2.05. The van der Waals surface area contributed by atoms with Crippen LogP contribution in [0.4, 0.5) is 0 Å². The van der Waals surface area contributed by atoms with Gasteiger partial charge >= 0.3 is 0 Å². The van der Waals surface area contributed by atoms with E-state index >= 15 is 0 Å². The van der Waals surface area contributed by atoms with E-state index in [1.165, 1.54) is 5.56 Å². The molecule has 0 aliphatic rings. The second-order valence-electron chi connectivity index (χ2n) is 4.17. The van der Waals surface area contributed by atoms with Crippen LogP contribution in [0.15, 0.2) is 39.5 Å². The molecule has 0 spiro atoms. The van der Waals surface area contributed by atoms with E-state index in [4.69, 9.17) is 16.3 Å². The Kier molecular flexibility index (Phi) is 5.84. The predicted octanol–water partition coefficient (Wildman–Crippen LogP) is 4.56. The van der Waals surface area contributed by atoms with E-state index < -0.39 is 0 Å². The molecule has 0 atom stereocenters. The van der Waals surface area contributed by atoms with Crippen molar-refractivity contribution in [1.29, 1.82) is 0 Å². The van der Waals surface area contributed by atoms with E-state index in [1.54, 1.807) is 12.4 Å². The second kappa shape index (κ2) is 7.41. The van der Waals surface area contributed by atoms with E-state index in [0.717, 1.165) is 26.8 Å². The Morgan fingerprint density at radius 3 is 2.60 bits per heavy atom. The lowest BCUT2D eigenvalue weighted by atomic mass is 10.2. The summed E-state index contributed by atoms with van der Waals surface area (Å²) in [6.45, 7) is 1.19. The Morgan fingerprint density at radius 2 is 2.00 bits per heavy atom. The van der Waals surface area contributed by atoms with E-state index in [1.807, 2.05) is 25.2 Å². The second-order valence-corrected chi connectivity index (χ2v) is 6.29. The normalized spacial score (nSPS) is 10.6. The molecule has 1 heterocycles. The molecule has 2 aromatic rings. The van der Waals surface area contributed by atoms with Gasteiger partial charge in [-0.05, 0) is 62.7 Å². The van der Waals surface area contributed by atoms with Gasteiger partial charge in [0, 0.05) is 24.5 Å². The largest absolute Gasteiger partial charge is 0.486 e. The maximum absolute atomic E-state index is 6.06. The molecule has 0 saturated heterocycles. The van der Waals surface area contributed by atoms with Crippen molar-refractivity contribution in [2.45, 2.75) is 13.2 Å². The zero-order valence-electron chi connectivity index (χ0n) is 10.8. The lowest BCUT2D eigenvalue weighted by Gasteiger charge is -2.13. The average molecular weight is 421 g/mol. The Labute approximate surface area is 140 Å². The van der Waals surface area contributed by atoms with Gasteiger partial charge in [-0.15, -0.1) is 0 Å². The van der Waals surface area contributed by atoms with Gasteiger partial charge in [0.25, 0.3) is 0 Å². The average Bonchev–Trinajstić information content (AvgIpc) is 2.40. The van der Waals surface area contributed by atoms with Crippen LogP contribution in [0.2, 0.25) is 5.02 Å². The summed E-state index contributed by atoms with van der Waals surface area (Å²) in [7, 11) is 1.91. The molecule has 0 fully saturated rings. The first-order valence-electron chi connectivity index (χ1n) is 5.95. The third kappa shape index (κ3) is 3.95. The van der Waals surface area contributed by atoms with Crippen molar-refractivity contribution in [3.05, 3.63) is 55.7 Å². The van der Waals surface area contributed by atoms with E-state index in [-0.39, 0.29) is 0 Å². The number of rotatable bonds is 5. The first-order valence-corrected chi connectivity index (χ1v) is 7.92. The zero-order chi connectivity index (χ0) is 14.5. The molecule has 0 bridgehead atoms. The fraction of sp³-hybridized carbons (Fsp3) is 0.214. The van der Waals surface area contributed by atoms with Gasteiger partial charge in [-0.3, -0.25) is 4.98 Å². The third-order valence-corrected chi connectivity index (χ3v) is 4.19. The molecule has 0 saturated carbocycles. The molecule has 106 valence electrons. The smallest absolute Gasteiger partial charge is 0.148 e. The molecule has 20 heavy (non-hydrogen) atoms. The van der Waals surface area contributed by atoms with Crippen LogP contribution in [-0.4, -0.2) is 12.0 Å². The Bertz CT molecular complexity index is 584. The van der Waals surface area contributed by atoms with E-state index in [2.05, 4.69) is 42.2 Å². The van der Waals surface area contributed by atoms with Crippen molar-refractivity contribution < 1.29 is 4.74 Å². The number of pyridine rings is 1. The quantitative estimate of drug-likeness (QED) is 0.770. The summed E-state index contributed by atoms with van der Waals surface area (Å²) in [6, 6.07) is 5.91. The molecule has 0 amide bonds. The molecule has 0 radical (unpaired) electrons. The maximum Gasteiger partial charge on any atom is 0.148 e.